The second-order valence-electron chi connectivity index (χ2n) is 8.82. The second-order valence-corrected chi connectivity index (χ2v) is 8.82. The summed E-state index contributed by atoms with van der Waals surface area (Å²) in [4.78, 5) is 41.9. The van der Waals surface area contributed by atoms with E-state index in [1.54, 1.807) is 37.1 Å². The number of aromatic amines is 1. The molecular formula is C21H22N10O2. The molecule has 1 amide bonds. The van der Waals surface area contributed by atoms with Crippen LogP contribution in [0.4, 0.5) is 0 Å². The topological polar surface area (TPSA) is 153 Å². The fraction of sp³-hybridized carbons (Fsp3) is 0.333. The summed E-state index contributed by atoms with van der Waals surface area (Å²) in [6.07, 6.45) is 4.59. The van der Waals surface area contributed by atoms with E-state index in [0.717, 1.165) is 5.82 Å². The second kappa shape index (κ2) is 7.43. The maximum atomic E-state index is 12.9. The van der Waals surface area contributed by atoms with E-state index in [2.05, 4.69) is 45.4 Å². The molecule has 0 aliphatic carbocycles. The largest absolute Gasteiger partial charge is 0.358 e. The number of hydrogen-bond donors (Lipinski definition) is 2. The maximum absolute atomic E-state index is 12.9. The molecule has 5 aromatic rings. The molecule has 1 atom stereocenters. The Balaban J connectivity index is 1.38. The first kappa shape index (κ1) is 20.7. The van der Waals surface area contributed by atoms with Crippen LogP contribution >= 0.6 is 0 Å². The van der Waals surface area contributed by atoms with Crippen LogP contribution in [0.25, 0.3) is 33.8 Å². The number of imidazole rings is 2. The molecule has 33 heavy (non-hydrogen) atoms. The van der Waals surface area contributed by atoms with Crippen LogP contribution in [0.3, 0.4) is 0 Å². The lowest BCUT2D eigenvalue weighted by molar-refractivity contribution is 0.0930. The summed E-state index contributed by atoms with van der Waals surface area (Å²) in [5, 5.41) is 6.98. The predicted octanol–water partition coefficient (Wildman–Crippen LogP) is 2.47. The van der Waals surface area contributed by atoms with E-state index < -0.39 is 6.04 Å². The molecule has 0 aromatic carbocycles. The molecule has 5 heterocycles. The van der Waals surface area contributed by atoms with Crippen molar-refractivity contribution in [3.05, 3.63) is 42.2 Å². The van der Waals surface area contributed by atoms with E-state index in [1.807, 2.05) is 20.8 Å². The fourth-order valence-corrected chi connectivity index (χ4v) is 3.39. The van der Waals surface area contributed by atoms with E-state index in [-0.39, 0.29) is 17.0 Å². The third-order valence-electron chi connectivity index (χ3n) is 5.18. The smallest absolute Gasteiger partial charge is 0.272 e. The molecule has 0 spiro atoms. The molecule has 0 fully saturated rings. The average molecular weight is 446 g/mol. The highest BCUT2D eigenvalue weighted by atomic mass is 16.5. The normalized spacial score (nSPS) is 13.0. The van der Waals surface area contributed by atoms with Gasteiger partial charge in [0, 0.05) is 18.5 Å². The third kappa shape index (κ3) is 3.69. The first-order valence-corrected chi connectivity index (χ1v) is 10.3. The van der Waals surface area contributed by atoms with E-state index in [0.29, 0.717) is 39.6 Å². The SMILES string of the molecule is C[C@@H](NC(=O)c1ncnc2ncn(C)c12)c1cc(-c2nc3cnc(C(C)(C)C)nc3[nH]2)no1. The Morgan fingerprint density at radius 1 is 1.18 bits per heavy atom. The number of fused-ring (bicyclic) bond motifs is 2. The molecule has 0 radical (unpaired) electrons. The van der Waals surface area contributed by atoms with Crippen LogP contribution in [0.2, 0.25) is 0 Å². The van der Waals surface area contributed by atoms with Crippen molar-refractivity contribution >= 4 is 28.2 Å². The Hall–Kier alpha value is -4.22. The van der Waals surface area contributed by atoms with Gasteiger partial charge in [0.2, 0.25) is 0 Å². The quantitative estimate of drug-likeness (QED) is 0.424. The van der Waals surface area contributed by atoms with Crippen molar-refractivity contribution in [1.29, 1.82) is 0 Å². The molecule has 12 nitrogen and oxygen atoms in total. The number of hydrogen-bond acceptors (Lipinski definition) is 9. The van der Waals surface area contributed by atoms with Gasteiger partial charge in [-0.15, -0.1) is 0 Å². The molecule has 12 heteroatoms. The van der Waals surface area contributed by atoms with Crippen LogP contribution < -0.4 is 5.32 Å². The highest BCUT2D eigenvalue weighted by molar-refractivity contribution is 6.02. The van der Waals surface area contributed by atoms with E-state index >= 15 is 0 Å². The van der Waals surface area contributed by atoms with E-state index in [9.17, 15) is 4.79 Å². The minimum absolute atomic E-state index is 0.182. The number of nitrogens with one attached hydrogen (secondary N) is 2. The minimum atomic E-state index is -0.464. The van der Waals surface area contributed by atoms with Crippen molar-refractivity contribution in [2.45, 2.75) is 39.2 Å². The molecule has 0 aliphatic heterocycles. The number of carbonyl (C=O) groups excluding carboxylic acids is 1. The van der Waals surface area contributed by atoms with Crippen LogP contribution in [-0.2, 0) is 12.5 Å². The average Bonchev–Trinajstić information content (AvgIpc) is 3.50. The van der Waals surface area contributed by atoms with Gasteiger partial charge in [-0.2, -0.15) is 0 Å². The molecule has 0 unspecified atom stereocenters. The highest BCUT2D eigenvalue weighted by Gasteiger charge is 2.22. The molecule has 0 aliphatic rings. The zero-order valence-electron chi connectivity index (χ0n) is 18.8. The summed E-state index contributed by atoms with van der Waals surface area (Å²) in [6, 6.07) is 1.26. The highest BCUT2D eigenvalue weighted by Crippen LogP contribution is 2.24. The molecule has 168 valence electrons. The van der Waals surface area contributed by atoms with Gasteiger partial charge in [0.05, 0.1) is 18.6 Å². The summed E-state index contributed by atoms with van der Waals surface area (Å²) in [5.74, 6) is 1.32. The van der Waals surface area contributed by atoms with E-state index in [1.165, 1.54) is 6.33 Å². The van der Waals surface area contributed by atoms with Crippen LogP contribution in [0.15, 0.2) is 29.4 Å². The number of aryl methyl sites for hydroxylation is 1. The molecule has 5 rings (SSSR count). The van der Waals surface area contributed by atoms with Crippen LogP contribution in [0.5, 0.6) is 0 Å². The van der Waals surface area contributed by atoms with Crippen LogP contribution in [0, 0.1) is 0 Å². The Kier molecular flexibility index (Phi) is 4.65. The van der Waals surface area contributed by atoms with Gasteiger partial charge in [-0.25, -0.2) is 29.9 Å². The summed E-state index contributed by atoms with van der Waals surface area (Å²) >= 11 is 0. The maximum Gasteiger partial charge on any atom is 0.272 e. The van der Waals surface area contributed by atoms with Crippen molar-refractivity contribution in [3.63, 3.8) is 0 Å². The zero-order chi connectivity index (χ0) is 23.3. The lowest BCUT2D eigenvalue weighted by Gasteiger charge is -2.15. The molecule has 5 aromatic heterocycles. The fourth-order valence-electron chi connectivity index (χ4n) is 3.39. The zero-order valence-corrected chi connectivity index (χ0v) is 18.8. The van der Waals surface area contributed by atoms with Crippen LogP contribution in [-0.4, -0.2) is 50.5 Å². The first-order valence-electron chi connectivity index (χ1n) is 10.3. The van der Waals surface area contributed by atoms with Gasteiger partial charge in [-0.05, 0) is 6.92 Å². The standard InChI is InChI=1S/C21H22N10O2/c1-10(26-19(32)14-15-18(24-8-23-14)25-9-31(15)5)13-6-11(30-33-13)16-27-12-7-22-20(21(2,3)4)29-17(12)28-16/h6-10H,1-5H3,(H,26,32)(H,22,27,28,29)/t10-/m1/s1. The van der Waals surface area contributed by atoms with Gasteiger partial charge in [0.25, 0.3) is 5.91 Å². The number of carbonyl (C=O) groups is 1. The summed E-state index contributed by atoms with van der Waals surface area (Å²) in [5.41, 5.74) is 2.81. The van der Waals surface area contributed by atoms with Crippen LogP contribution in [0.1, 0.15) is 55.8 Å². The Morgan fingerprint density at radius 2 is 2.00 bits per heavy atom. The van der Waals surface area contributed by atoms with Crippen molar-refractivity contribution in [3.8, 4) is 11.5 Å². The Bertz CT molecular complexity index is 1490. The number of aromatic nitrogens is 9. The van der Waals surface area contributed by atoms with Crippen molar-refractivity contribution in [1.82, 2.24) is 49.9 Å². The number of H-pyrrole nitrogens is 1. The Morgan fingerprint density at radius 3 is 2.79 bits per heavy atom. The van der Waals surface area contributed by atoms with Crippen molar-refractivity contribution in [2.24, 2.45) is 7.05 Å². The summed E-state index contributed by atoms with van der Waals surface area (Å²) in [6.45, 7) is 7.94. The summed E-state index contributed by atoms with van der Waals surface area (Å²) < 4.78 is 7.18. The van der Waals surface area contributed by atoms with Crippen molar-refractivity contribution < 1.29 is 9.32 Å². The molecular weight excluding hydrogens is 424 g/mol. The predicted molar refractivity (Wildman–Crippen MR) is 118 cm³/mol. The monoisotopic (exact) mass is 446 g/mol. The lowest BCUT2D eigenvalue weighted by atomic mass is 9.96. The molecule has 0 saturated carbocycles. The number of rotatable bonds is 4. The van der Waals surface area contributed by atoms with Gasteiger partial charge in [-0.3, -0.25) is 4.79 Å². The molecule has 2 N–H and O–H groups in total. The molecule has 0 bridgehead atoms. The minimum Gasteiger partial charge on any atom is -0.358 e. The lowest BCUT2D eigenvalue weighted by Crippen LogP contribution is -2.27. The summed E-state index contributed by atoms with van der Waals surface area (Å²) in [7, 11) is 1.78. The molecule has 0 saturated heterocycles. The number of amides is 1. The van der Waals surface area contributed by atoms with Gasteiger partial charge >= 0.3 is 0 Å². The van der Waals surface area contributed by atoms with Gasteiger partial charge in [-0.1, -0.05) is 25.9 Å². The third-order valence-corrected chi connectivity index (χ3v) is 5.18. The Labute approximate surface area is 187 Å². The number of nitrogens with zero attached hydrogens (tertiary/aromatic N) is 8. The van der Waals surface area contributed by atoms with Gasteiger partial charge < -0.3 is 19.4 Å². The first-order chi connectivity index (χ1) is 15.7. The van der Waals surface area contributed by atoms with E-state index in [4.69, 9.17) is 4.52 Å². The van der Waals surface area contributed by atoms with Gasteiger partial charge in [0.1, 0.15) is 28.9 Å². The van der Waals surface area contributed by atoms with Gasteiger partial charge in [0.15, 0.2) is 28.6 Å². The van der Waals surface area contributed by atoms with Crippen molar-refractivity contribution in [2.75, 3.05) is 0 Å².